The van der Waals surface area contributed by atoms with E-state index in [9.17, 15) is 9.90 Å². The van der Waals surface area contributed by atoms with E-state index in [0.717, 1.165) is 42.9 Å². The van der Waals surface area contributed by atoms with E-state index in [4.69, 9.17) is 9.84 Å². The van der Waals surface area contributed by atoms with Crippen LogP contribution in [0.4, 0.5) is 0 Å². The summed E-state index contributed by atoms with van der Waals surface area (Å²) in [5, 5.41) is 19.5. The summed E-state index contributed by atoms with van der Waals surface area (Å²) in [5.74, 6) is 0.00365. The fourth-order valence-corrected chi connectivity index (χ4v) is 4.24. The van der Waals surface area contributed by atoms with Crippen molar-refractivity contribution in [1.29, 1.82) is 0 Å². The van der Waals surface area contributed by atoms with Gasteiger partial charge in [-0.05, 0) is 74.9 Å². The number of likely N-dealkylation sites (tertiary alicyclic amines) is 1. The summed E-state index contributed by atoms with van der Waals surface area (Å²) in [6.45, 7) is 6.17. The second kappa shape index (κ2) is 15.9. The van der Waals surface area contributed by atoms with E-state index in [1.165, 1.54) is 51.4 Å². The number of benzene rings is 1. The molecule has 32 heavy (non-hydrogen) atoms. The van der Waals surface area contributed by atoms with Gasteiger partial charge in [-0.1, -0.05) is 57.2 Å². The maximum absolute atomic E-state index is 10.8. The predicted molar refractivity (Wildman–Crippen MR) is 131 cm³/mol. The molecule has 1 fully saturated rings. The lowest BCUT2D eigenvalue weighted by Crippen LogP contribution is -2.33. The van der Waals surface area contributed by atoms with Crippen LogP contribution in [0.3, 0.4) is 0 Å². The number of hydrogen-bond acceptors (Lipinski definition) is 4. The Kier molecular flexibility index (Phi) is 13.1. The van der Waals surface area contributed by atoms with Crippen molar-refractivity contribution in [2.75, 3.05) is 26.2 Å². The highest BCUT2D eigenvalue weighted by atomic mass is 16.5. The Labute approximate surface area is 194 Å². The van der Waals surface area contributed by atoms with Crippen molar-refractivity contribution in [1.82, 2.24) is 4.90 Å². The van der Waals surface area contributed by atoms with Crippen LogP contribution in [0.15, 0.2) is 24.3 Å². The van der Waals surface area contributed by atoms with Crippen molar-refractivity contribution < 1.29 is 19.7 Å². The number of aliphatic hydroxyl groups excluding tert-OH is 1. The highest BCUT2D eigenvalue weighted by Crippen LogP contribution is 2.28. The Morgan fingerprint density at radius 2 is 1.91 bits per heavy atom. The molecule has 0 aliphatic carbocycles. The summed E-state index contributed by atoms with van der Waals surface area (Å²) in [5.41, 5.74) is 1.82. The Morgan fingerprint density at radius 1 is 1.12 bits per heavy atom. The van der Waals surface area contributed by atoms with Crippen LogP contribution in [0.5, 0.6) is 5.75 Å². The summed E-state index contributed by atoms with van der Waals surface area (Å²) in [4.78, 5) is 13.3. The lowest BCUT2D eigenvalue weighted by atomic mass is 9.97. The molecule has 0 amide bonds. The molecule has 1 aliphatic rings. The second-order valence-electron chi connectivity index (χ2n) is 8.95. The monoisotopic (exact) mass is 445 g/mol. The molecule has 1 unspecified atom stereocenters. The summed E-state index contributed by atoms with van der Waals surface area (Å²) in [7, 11) is 0. The molecule has 1 aliphatic heterocycles. The van der Waals surface area contributed by atoms with Crippen LogP contribution >= 0.6 is 0 Å². The first-order chi connectivity index (χ1) is 15.6. The van der Waals surface area contributed by atoms with Gasteiger partial charge in [0, 0.05) is 13.0 Å². The number of hydrogen-bond donors (Lipinski definition) is 2. The van der Waals surface area contributed by atoms with Gasteiger partial charge in [0.25, 0.3) is 0 Å². The van der Waals surface area contributed by atoms with E-state index >= 15 is 0 Å². The van der Waals surface area contributed by atoms with E-state index in [-0.39, 0.29) is 6.42 Å². The molecule has 1 aromatic rings. The van der Waals surface area contributed by atoms with Gasteiger partial charge in [-0.25, -0.2) is 0 Å². The Hall–Kier alpha value is -1.85. The number of aliphatic hydroxyl groups is 1. The molecule has 0 aromatic heterocycles. The number of piperidine rings is 1. The van der Waals surface area contributed by atoms with Gasteiger partial charge >= 0.3 is 5.97 Å². The van der Waals surface area contributed by atoms with Crippen LogP contribution < -0.4 is 4.74 Å². The van der Waals surface area contributed by atoms with Gasteiger partial charge in [0.15, 0.2) is 0 Å². The zero-order valence-corrected chi connectivity index (χ0v) is 19.9. The summed E-state index contributed by atoms with van der Waals surface area (Å²) in [6, 6.07) is 5.87. The number of rotatable bonds is 16. The number of carboxylic acids is 1. The molecule has 180 valence electrons. The Bertz CT molecular complexity index is 682. The SMILES string of the molecule is CCCCCCC/C=C/c1cc(OCCN2CCCCC2)ccc1C(O)CCCC(=O)O. The van der Waals surface area contributed by atoms with Crippen molar-refractivity contribution in [2.45, 2.75) is 90.1 Å². The number of ether oxygens (including phenoxy) is 1. The van der Waals surface area contributed by atoms with Crippen LogP contribution in [0.25, 0.3) is 6.08 Å². The quantitative estimate of drug-likeness (QED) is 0.296. The fourth-order valence-electron chi connectivity index (χ4n) is 4.24. The van der Waals surface area contributed by atoms with Gasteiger partial charge in [-0.2, -0.15) is 0 Å². The molecule has 2 rings (SSSR count). The molecule has 5 nitrogen and oxygen atoms in total. The van der Waals surface area contributed by atoms with Gasteiger partial charge < -0.3 is 14.9 Å². The van der Waals surface area contributed by atoms with E-state index in [1.807, 2.05) is 18.2 Å². The van der Waals surface area contributed by atoms with Crippen molar-refractivity contribution >= 4 is 12.0 Å². The number of allylic oxidation sites excluding steroid dienone is 1. The first kappa shape index (κ1) is 26.4. The second-order valence-corrected chi connectivity index (χ2v) is 8.95. The third kappa shape index (κ3) is 10.6. The van der Waals surface area contributed by atoms with Crippen LogP contribution in [-0.4, -0.2) is 47.3 Å². The molecule has 1 saturated heterocycles. The standard InChI is InChI=1S/C27H43NO4/c1-2-3-4-5-6-7-9-13-23-22-24(32-21-20-28-18-10-8-11-19-28)16-17-25(23)26(29)14-12-15-27(30)31/h9,13,16-17,22,26,29H,2-8,10-12,14-15,18-21H2,1H3,(H,30,31)/b13-9+. The van der Waals surface area contributed by atoms with Gasteiger partial charge in [0.05, 0.1) is 6.10 Å². The Balaban J connectivity index is 1.95. The first-order valence-corrected chi connectivity index (χ1v) is 12.7. The molecule has 0 radical (unpaired) electrons. The van der Waals surface area contributed by atoms with E-state index in [2.05, 4.69) is 24.0 Å². The number of unbranched alkanes of at least 4 members (excludes halogenated alkanes) is 5. The van der Waals surface area contributed by atoms with E-state index in [1.54, 1.807) is 0 Å². The molecular formula is C27H43NO4. The van der Waals surface area contributed by atoms with Crippen LogP contribution in [0, 0.1) is 0 Å². The van der Waals surface area contributed by atoms with Crippen molar-refractivity contribution in [3.05, 3.63) is 35.4 Å². The highest BCUT2D eigenvalue weighted by molar-refractivity contribution is 5.66. The number of nitrogens with zero attached hydrogens (tertiary/aromatic N) is 1. The average Bonchev–Trinajstić information content (AvgIpc) is 2.79. The maximum Gasteiger partial charge on any atom is 0.303 e. The normalized spacial score (nSPS) is 15.8. The fraction of sp³-hybridized carbons (Fsp3) is 0.667. The van der Waals surface area contributed by atoms with Gasteiger partial charge in [0.1, 0.15) is 12.4 Å². The third-order valence-electron chi connectivity index (χ3n) is 6.18. The molecule has 0 spiro atoms. The molecule has 1 heterocycles. The van der Waals surface area contributed by atoms with Crippen LogP contribution in [0.2, 0.25) is 0 Å². The van der Waals surface area contributed by atoms with Crippen LogP contribution in [0.1, 0.15) is 101 Å². The zero-order chi connectivity index (χ0) is 23.0. The number of aliphatic carboxylic acids is 1. The minimum Gasteiger partial charge on any atom is -0.492 e. The average molecular weight is 446 g/mol. The zero-order valence-electron chi connectivity index (χ0n) is 19.9. The van der Waals surface area contributed by atoms with E-state index < -0.39 is 12.1 Å². The number of carboxylic acid groups (broad SMARTS) is 1. The van der Waals surface area contributed by atoms with Crippen LogP contribution in [-0.2, 0) is 4.79 Å². The Morgan fingerprint density at radius 3 is 2.66 bits per heavy atom. The lowest BCUT2D eigenvalue weighted by Gasteiger charge is -2.26. The third-order valence-corrected chi connectivity index (χ3v) is 6.18. The minimum atomic E-state index is -0.821. The van der Waals surface area contributed by atoms with Crippen molar-refractivity contribution in [2.24, 2.45) is 0 Å². The molecule has 1 aromatic carbocycles. The molecular weight excluding hydrogens is 402 g/mol. The smallest absolute Gasteiger partial charge is 0.303 e. The topological polar surface area (TPSA) is 70.0 Å². The first-order valence-electron chi connectivity index (χ1n) is 12.7. The van der Waals surface area contributed by atoms with Crippen molar-refractivity contribution in [3.63, 3.8) is 0 Å². The minimum absolute atomic E-state index is 0.0810. The summed E-state index contributed by atoms with van der Waals surface area (Å²) in [6.07, 6.45) is 15.8. The molecule has 0 saturated carbocycles. The summed E-state index contributed by atoms with van der Waals surface area (Å²) < 4.78 is 6.03. The maximum atomic E-state index is 10.8. The number of carbonyl (C=O) groups is 1. The molecule has 2 N–H and O–H groups in total. The van der Waals surface area contributed by atoms with E-state index in [0.29, 0.717) is 19.4 Å². The highest BCUT2D eigenvalue weighted by Gasteiger charge is 2.14. The predicted octanol–water partition coefficient (Wildman–Crippen LogP) is 6.21. The summed E-state index contributed by atoms with van der Waals surface area (Å²) >= 11 is 0. The van der Waals surface area contributed by atoms with Gasteiger partial charge in [0.2, 0.25) is 0 Å². The largest absolute Gasteiger partial charge is 0.492 e. The van der Waals surface area contributed by atoms with Gasteiger partial charge in [-0.3, -0.25) is 9.69 Å². The molecule has 5 heteroatoms. The molecule has 0 bridgehead atoms. The van der Waals surface area contributed by atoms with Crippen molar-refractivity contribution in [3.8, 4) is 5.75 Å². The lowest BCUT2D eigenvalue weighted by molar-refractivity contribution is -0.137. The molecule has 1 atom stereocenters. The van der Waals surface area contributed by atoms with Gasteiger partial charge in [-0.15, -0.1) is 0 Å².